The minimum atomic E-state index is 0. The van der Waals surface area contributed by atoms with Gasteiger partial charge in [-0.1, -0.05) is 17.2 Å². The molecule has 3 heterocycles. The van der Waals surface area contributed by atoms with E-state index in [9.17, 15) is 0 Å². The van der Waals surface area contributed by atoms with E-state index < -0.39 is 0 Å². The maximum absolute atomic E-state index is 5.31. The van der Waals surface area contributed by atoms with Gasteiger partial charge in [-0.15, -0.1) is 24.0 Å². The molecule has 0 amide bonds. The molecule has 3 rings (SSSR count). The maximum Gasteiger partial charge on any atom is 0.194 e. The molecule has 1 saturated heterocycles. The molecule has 0 aromatic carbocycles. The van der Waals surface area contributed by atoms with Crippen molar-refractivity contribution < 1.29 is 9.05 Å². The van der Waals surface area contributed by atoms with Crippen LogP contribution < -0.4 is 5.32 Å². The van der Waals surface area contributed by atoms with Crippen LogP contribution >= 0.6 is 24.0 Å². The lowest BCUT2D eigenvalue weighted by atomic mass is 10.00. The Hall–Kier alpha value is -1.62. The summed E-state index contributed by atoms with van der Waals surface area (Å²) < 4.78 is 10.5. The van der Waals surface area contributed by atoms with E-state index >= 15 is 0 Å². The summed E-state index contributed by atoms with van der Waals surface area (Å²) in [6, 6.07) is 2.01. The number of guanidine groups is 1. The van der Waals surface area contributed by atoms with Crippen LogP contribution in [0.25, 0.3) is 0 Å². The summed E-state index contributed by atoms with van der Waals surface area (Å²) in [5, 5.41) is 11.6. The zero-order chi connectivity index (χ0) is 20.1. The third-order valence-corrected chi connectivity index (χ3v) is 5.17. The van der Waals surface area contributed by atoms with Crippen LogP contribution in [-0.2, 0) is 6.54 Å². The van der Waals surface area contributed by atoms with Gasteiger partial charge in [0.15, 0.2) is 5.96 Å². The van der Waals surface area contributed by atoms with Crippen LogP contribution in [0.5, 0.6) is 0 Å². The second-order valence-corrected chi connectivity index (χ2v) is 7.53. The molecule has 2 aromatic heterocycles. The molecule has 0 radical (unpaired) electrons. The number of nitrogens with zero attached hydrogens (tertiary/aromatic N) is 5. The number of nitrogens with one attached hydrogen (secondary N) is 1. The molecule has 1 aliphatic heterocycles. The molecule has 8 nitrogen and oxygen atoms in total. The van der Waals surface area contributed by atoms with E-state index in [1.807, 2.05) is 26.8 Å². The van der Waals surface area contributed by atoms with Crippen molar-refractivity contribution >= 4 is 29.9 Å². The number of aryl methyl sites for hydroxylation is 3. The number of hydrogen-bond acceptors (Lipinski definition) is 6. The van der Waals surface area contributed by atoms with Crippen LogP contribution in [0.3, 0.4) is 0 Å². The molecular formula is C20H33IN6O2. The zero-order valence-electron chi connectivity index (χ0n) is 18.1. The molecule has 162 valence electrons. The summed E-state index contributed by atoms with van der Waals surface area (Å²) in [6.45, 7) is 16.4. The molecule has 0 saturated carbocycles. The number of aliphatic imine (C=N–C) groups is 1. The van der Waals surface area contributed by atoms with E-state index in [-0.39, 0.29) is 29.9 Å². The Labute approximate surface area is 190 Å². The van der Waals surface area contributed by atoms with E-state index in [1.165, 1.54) is 5.56 Å². The molecule has 0 bridgehead atoms. The van der Waals surface area contributed by atoms with Gasteiger partial charge in [-0.05, 0) is 27.7 Å². The topological polar surface area (TPSA) is 82.9 Å². The molecule has 1 fully saturated rings. The van der Waals surface area contributed by atoms with Crippen molar-refractivity contribution in [3.63, 3.8) is 0 Å². The Morgan fingerprint density at radius 3 is 2.45 bits per heavy atom. The fourth-order valence-electron chi connectivity index (χ4n) is 3.77. The van der Waals surface area contributed by atoms with E-state index in [0.29, 0.717) is 6.54 Å². The fourth-order valence-corrected chi connectivity index (χ4v) is 3.77. The largest absolute Gasteiger partial charge is 0.361 e. The summed E-state index contributed by atoms with van der Waals surface area (Å²) >= 11 is 0. The van der Waals surface area contributed by atoms with Crippen LogP contribution in [0, 0.1) is 20.8 Å². The van der Waals surface area contributed by atoms with Gasteiger partial charge in [0.25, 0.3) is 0 Å². The van der Waals surface area contributed by atoms with E-state index in [4.69, 9.17) is 14.0 Å². The van der Waals surface area contributed by atoms with Crippen molar-refractivity contribution in [2.75, 3.05) is 39.3 Å². The first-order valence-corrected chi connectivity index (χ1v) is 10.1. The van der Waals surface area contributed by atoms with Crippen molar-refractivity contribution in [2.45, 2.75) is 47.1 Å². The zero-order valence-corrected chi connectivity index (χ0v) is 20.4. The number of rotatable bonds is 6. The number of piperazine rings is 1. The monoisotopic (exact) mass is 516 g/mol. The first-order valence-electron chi connectivity index (χ1n) is 10.1. The average Bonchev–Trinajstić information content (AvgIpc) is 3.24. The lowest BCUT2D eigenvalue weighted by Gasteiger charge is -2.36. The Morgan fingerprint density at radius 1 is 1.17 bits per heavy atom. The van der Waals surface area contributed by atoms with Crippen molar-refractivity contribution in [1.29, 1.82) is 0 Å². The normalized spacial score (nSPS) is 16.6. The Balaban J connectivity index is 0.00000300. The lowest BCUT2D eigenvalue weighted by molar-refractivity contribution is 0.169. The first kappa shape index (κ1) is 23.7. The molecule has 1 unspecified atom stereocenters. The third kappa shape index (κ3) is 6.18. The first-order chi connectivity index (χ1) is 13.5. The Kier molecular flexibility index (Phi) is 8.94. The third-order valence-electron chi connectivity index (χ3n) is 5.17. The maximum atomic E-state index is 5.31. The molecule has 2 aromatic rings. The van der Waals surface area contributed by atoms with Crippen LogP contribution in [0.2, 0.25) is 0 Å². The van der Waals surface area contributed by atoms with Gasteiger partial charge in [-0.2, -0.15) is 0 Å². The van der Waals surface area contributed by atoms with E-state index in [2.05, 4.69) is 39.3 Å². The van der Waals surface area contributed by atoms with Crippen molar-refractivity contribution in [3.05, 3.63) is 34.5 Å². The van der Waals surface area contributed by atoms with Crippen molar-refractivity contribution in [3.8, 4) is 0 Å². The quantitative estimate of drug-likeness (QED) is 0.359. The van der Waals surface area contributed by atoms with Crippen molar-refractivity contribution in [2.24, 2.45) is 4.99 Å². The molecule has 9 heteroatoms. The molecule has 1 atom stereocenters. The van der Waals surface area contributed by atoms with Crippen LogP contribution in [0.15, 0.2) is 20.1 Å². The number of aromatic nitrogens is 2. The SMILES string of the molecule is CCNC(=NCC(C)c1c(C)noc1C)N1CCN(Cc2cc(C)on2)CC1.I. The second kappa shape index (κ2) is 11.0. The highest BCUT2D eigenvalue weighted by molar-refractivity contribution is 14.0. The molecule has 1 aliphatic rings. The van der Waals surface area contributed by atoms with Gasteiger partial charge in [0.1, 0.15) is 11.5 Å². The molecular weight excluding hydrogens is 483 g/mol. The smallest absolute Gasteiger partial charge is 0.194 e. The van der Waals surface area contributed by atoms with Gasteiger partial charge in [-0.3, -0.25) is 9.89 Å². The summed E-state index contributed by atoms with van der Waals surface area (Å²) in [4.78, 5) is 9.65. The lowest BCUT2D eigenvalue weighted by Crippen LogP contribution is -2.52. The van der Waals surface area contributed by atoms with Crippen LogP contribution in [0.1, 0.15) is 48.2 Å². The molecule has 1 N–H and O–H groups in total. The minimum absolute atomic E-state index is 0. The van der Waals surface area contributed by atoms with Crippen LogP contribution in [0.4, 0.5) is 0 Å². The van der Waals surface area contributed by atoms with Gasteiger partial charge < -0.3 is 19.3 Å². The standard InChI is InChI=1S/C20H32N6O2.HI/c1-6-21-20(22-12-14(2)19-16(4)23-28-17(19)5)26-9-7-25(8-10-26)13-18-11-15(3)27-24-18;/h11,14H,6-10,12-13H2,1-5H3,(H,21,22);1H. The molecule has 29 heavy (non-hydrogen) atoms. The summed E-state index contributed by atoms with van der Waals surface area (Å²) in [6.07, 6.45) is 0. The molecule has 0 spiro atoms. The summed E-state index contributed by atoms with van der Waals surface area (Å²) in [5.74, 6) is 3.01. The highest BCUT2D eigenvalue weighted by Gasteiger charge is 2.21. The molecule has 0 aliphatic carbocycles. The van der Waals surface area contributed by atoms with Gasteiger partial charge in [0.2, 0.25) is 0 Å². The number of halogens is 1. The van der Waals surface area contributed by atoms with Crippen molar-refractivity contribution in [1.82, 2.24) is 25.4 Å². The Bertz CT molecular complexity index is 775. The average molecular weight is 516 g/mol. The minimum Gasteiger partial charge on any atom is -0.361 e. The summed E-state index contributed by atoms with van der Waals surface area (Å²) in [5.41, 5.74) is 3.13. The number of hydrogen-bond donors (Lipinski definition) is 1. The second-order valence-electron chi connectivity index (χ2n) is 7.53. The Morgan fingerprint density at radius 2 is 1.90 bits per heavy atom. The summed E-state index contributed by atoms with van der Waals surface area (Å²) in [7, 11) is 0. The highest BCUT2D eigenvalue weighted by Crippen LogP contribution is 2.23. The van der Waals surface area contributed by atoms with Crippen LogP contribution in [-0.4, -0.2) is 65.3 Å². The fraction of sp³-hybridized carbons (Fsp3) is 0.650. The predicted molar refractivity (Wildman–Crippen MR) is 124 cm³/mol. The predicted octanol–water partition coefficient (Wildman–Crippen LogP) is 3.09. The van der Waals surface area contributed by atoms with Gasteiger partial charge in [-0.25, -0.2) is 0 Å². The van der Waals surface area contributed by atoms with E-state index in [0.717, 1.165) is 68.1 Å². The van der Waals surface area contributed by atoms with Gasteiger partial charge in [0, 0.05) is 63.4 Å². The van der Waals surface area contributed by atoms with Gasteiger partial charge in [0.05, 0.1) is 11.4 Å². The van der Waals surface area contributed by atoms with Gasteiger partial charge >= 0.3 is 0 Å². The highest BCUT2D eigenvalue weighted by atomic mass is 127. The van der Waals surface area contributed by atoms with E-state index in [1.54, 1.807) is 0 Å².